The summed E-state index contributed by atoms with van der Waals surface area (Å²) in [4.78, 5) is 14.0. The highest BCUT2D eigenvalue weighted by molar-refractivity contribution is 7.99. The van der Waals surface area contributed by atoms with Crippen molar-refractivity contribution in [2.45, 2.75) is 16.0 Å². The molecule has 1 N–H and O–H groups in total. The highest BCUT2D eigenvalue weighted by Gasteiger charge is 2.30. The molecule has 7 heteroatoms. The number of carbonyl (C=O) groups is 1. The van der Waals surface area contributed by atoms with Gasteiger partial charge in [0.25, 0.3) is 5.91 Å². The van der Waals surface area contributed by atoms with E-state index in [2.05, 4.69) is 23.2 Å². The molecule has 0 saturated carbocycles. The Morgan fingerprint density at radius 1 is 0.968 bits per heavy atom. The number of benzene rings is 3. The van der Waals surface area contributed by atoms with E-state index in [0.29, 0.717) is 16.0 Å². The Morgan fingerprint density at radius 2 is 1.68 bits per heavy atom. The number of hydrogen-bond acceptors (Lipinski definition) is 3. The monoisotopic (exact) mass is 436 g/mol. The molecule has 0 bridgehead atoms. The number of halogens is 3. The molecule has 0 heterocycles. The first-order valence-electron chi connectivity index (χ1n) is 9.09. The van der Waals surface area contributed by atoms with Crippen LogP contribution >= 0.6 is 11.8 Å². The number of nitriles is 1. The van der Waals surface area contributed by atoms with E-state index in [-0.39, 0.29) is 18.0 Å². The zero-order valence-corrected chi connectivity index (χ0v) is 16.8. The summed E-state index contributed by atoms with van der Waals surface area (Å²) in [6, 6.07) is 20.9. The van der Waals surface area contributed by atoms with Crippen LogP contribution in [0.15, 0.2) is 82.6 Å². The van der Waals surface area contributed by atoms with Gasteiger partial charge in [-0.15, -0.1) is 0 Å². The predicted molar refractivity (Wildman–Crippen MR) is 112 cm³/mol. The maximum Gasteiger partial charge on any atom is 0.416 e. The Balaban J connectivity index is 1.69. The Hall–Kier alpha value is -3.68. The van der Waals surface area contributed by atoms with E-state index in [9.17, 15) is 23.2 Å². The predicted octanol–water partition coefficient (Wildman–Crippen LogP) is 5.51. The van der Waals surface area contributed by atoms with Crippen LogP contribution in [0.2, 0.25) is 0 Å². The first kappa shape index (κ1) is 22.0. The lowest BCUT2D eigenvalue weighted by Gasteiger charge is -2.09. The molecule has 0 aliphatic carbocycles. The van der Waals surface area contributed by atoms with Crippen LogP contribution < -0.4 is 5.32 Å². The van der Waals surface area contributed by atoms with Gasteiger partial charge in [-0.2, -0.15) is 18.4 Å². The second-order valence-electron chi connectivity index (χ2n) is 6.27. The first-order chi connectivity index (χ1) is 14.9. The fourth-order valence-electron chi connectivity index (χ4n) is 2.65. The largest absolute Gasteiger partial charge is 0.416 e. The molecule has 154 valence electrons. The Bertz CT molecular complexity index is 1200. The molecule has 0 spiro atoms. The third-order valence-corrected chi connectivity index (χ3v) is 5.27. The SMILES string of the molecule is N#Cc1ccccc1Sc1ccccc1C(=O)NCC#Cc1cccc(C(F)(F)F)c1. The zero-order valence-electron chi connectivity index (χ0n) is 16.0. The van der Waals surface area contributed by atoms with Gasteiger partial charge in [0, 0.05) is 15.4 Å². The van der Waals surface area contributed by atoms with Gasteiger partial charge in [-0.25, -0.2) is 0 Å². The van der Waals surface area contributed by atoms with Crippen LogP contribution in [0.3, 0.4) is 0 Å². The molecule has 0 aliphatic heterocycles. The maximum absolute atomic E-state index is 12.8. The molecule has 3 nitrogen and oxygen atoms in total. The molecule has 31 heavy (non-hydrogen) atoms. The van der Waals surface area contributed by atoms with Crippen molar-refractivity contribution in [2.75, 3.05) is 6.54 Å². The van der Waals surface area contributed by atoms with Crippen LogP contribution in [0.5, 0.6) is 0 Å². The maximum atomic E-state index is 12.8. The fraction of sp³-hybridized carbons (Fsp3) is 0.0833. The van der Waals surface area contributed by atoms with Crippen molar-refractivity contribution in [3.63, 3.8) is 0 Å². The molecule has 0 atom stereocenters. The Kier molecular flexibility index (Phi) is 7.02. The molecule has 3 aromatic carbocycles. The number of alkyl halides is 3. The average molecular weight is 436 g/mol. The summed E-state index contributed by atoms with van der Waals surface area (Å²) < 4.78 is 38.3. The highest BCUT2D eigenvalue weighted by Crippen LogP contribution is 2.32. The number of nitrogens with one attached hydrogen (secondary N) is 1. The third kappa shape index (κ3) is 5.91. The second-order valence-corrected chi connectivity index (χ2v) is 7.35. The minimum Gasteiger partial charge on any atom is -0.341 e. The minimum atomic E-state index is -4.43. The van der Waals surface area contributed by atoms with Crippen molar-refractivity contribution in [2.24, 2.45) is 0 Å². The van der Waals surface area contributed by atoms with Crippen LogP contribution in [-0.2, 0) is 6.18 Å². The third-order valence-electron chi connectivity index (χ3n) is 4.12. The lowest BCUT2D eigenvalue weighted by molar-refractivity contribution is -0.137. The summed E-state index contributed by atoms with van der Waals surface area (Å²) in [7, 11) is 0. The van der Waals surface area contributed by atoms with E-state index >= 15 is 0 Å². The summed E-state index contributed by atoms with van der Waals surface area (Å²) in [6.07, 6.45) is -4.43. The van der Waals surface area contributed by atoms with Gasteiger partial charge in [-0.05, 0) is 42.5 Å². The van der Waals surface area contributed by atoms with Crippen molar-refractivity contribution in [1.29, 1.82) is 5.26 Å². The van der Waals surface area contributed by atoms with Gasteiger partial charge in [0.15, 0.2) is 0 Å². The van der Waals surface area contributed by atoms with Crippen molar-refractivity contribution >= 4 is 17.7 Å². The van der Waals surface area contributed by atoms with Crippen LogP contribution in [0.1, 0.15) is 27.0 Å². The number of nitrogens with zero attached hydrogens (tertiary/aromatic N) is 1. The van der Waals surface area contributed by atoms with E-state index in [0.717, 1.165) is 17.0 Å². The number of hydrogen-bond donors (Lipinski definition) is 1. The lowest BCUT2D eigenvalue weighted by atomic mass is 10.1. The van der Waals surface area contributed by atoms with E-state index in [4.69, 9.17) is 0 Å². The molecular formula is C24H15F3N2OS. The van der Waals surface area contributed by atoms with Crippen LogP contribution in [-0.4, -0.2) is 12.5 Å². The van der Waals surface area contributed by atoms with Crippen LogP contribution in [0.25, 0.3) is 0 Å². The topological polar surface area (TPSA) is 52.9 Å². The smallest absolute Gasteiger partial charge is 0.341 e. The average Bonchev–Trinajstić information content (AvgIpc) is 2.77. The number of rotatable bonds is 4. The molecule has 0 radical (unpaired) electrons. The van der Waals surface area contributed by atoms with Crippen molar-refractivity contribution in [3.8, 4) is 17.9 Å². The van der Waals surface area contributed by atoms with E-state index < -0.39 is 11.7 Å². The van der Waals surface area contributed by atoms with Crippen molar-refractivity contribution in [1.82, 2.24) is 5.32 Å². The van der Waals surface area contributed by atoms with E-state index in [1.165, 1.54) is 23.9 Å². The standard InChI is InChI=1S/C24H15F3N2OS/c25-24(26,27)19-10-5-7-17(15-19)8-6-14-29-23(30)20-11-2-4-13-22(20)31-21-12-3-1-9-18(21)16-28/h1-5,7,9-13,15H,14H2,(H,29,30). The molecule has 1 amide bonds. The Morgan fingerprint density at radius 3 is 2.42 bits per heavy atom. The molecule has 0 fully saturated rings. The molecule has 3 aromatic rings. The summed E-state index contributed by atoms with van der Waals surface area (Å²) in [5.41, 5.74) is 0.371. The Labute approximate surface area is 181 Å². The number of amides is 1. The molecule has 0 saturated heterocycles. The van der Waals surface area contributed by atoms with Crippen molar-refractivity contribution < 1.29 is 18.0 Å². The molecule has 0 aliphatic rings. The molecule has 3 rings (SSSR count). The van der Waals surface area contributed by atoms with Gasteiger partial charge in [-0.3, -0.25) is 4.79 Å². The summed E-state index contributed by atoms with van der Waals surface area (Å²) in [5, 5.41) is 11.9. The van der Waals surface area contributed by atoms with E-state index in [1.54, 1.807) is 42.5 Å². The van der Waals surface area contributed by atoms with Gasteiger partial charge >= 0.3 is 6.18 Å². The van der Waals surface area contributed by atoms with Gasteiger partial charge in [0.1, 0.15) is 6.07 Å². The molecular weight excluding hydrogens is 421 g/mol. The highest BCUT2D eigenvalue weighted by atomic mass is 32.2. The number of carbonyl (C=O) groups excluding carboxylic acids is 1. The normalized spacial score (nSPS) is 10.5. The first-order valence-corrected chi connectivity index (χ1v) is 9.90. The quantitative estimate of drug-likeness (QED) is 0.549. The lowest BCUT2D eigenvalue weighted by Crippen LogP contribution is -2.24. The fourth-order valence-corrected chi connectivity index (χ4v) is 3.67. The van der Waals surface area contributed by atoms with Gasteiger partial charge in [-0.1, -0.05) is 53.9 Å². The van der Waals surface area contributed by atoms with Gasteiger partial charge in [0.2, 0.25) is 0 Å². The second kappa shape index (κ2) is 9.88. The summed E-state index contributed by atoms with van der Waals surface area (Å²) >= 11 is 1.31. The summed E-state index contributed by atoms with van der Waals surface area (Å²) in [6.45, 7) is -0.0249. The van der Waals surface area contributed by atoms with Gasteiger partial charge in [0.05, 0.1) is 23.2 Å². The van der Waals surface area contributed by atoms with Gasteiger partial charge < -0.3 is 5.32 Å². The zero-order chi connectivity index (χ0) is 22.3. The molecule has 0 unspecified atom stereocenters. The summed E-state index contributed by atoms with van der Waals surface area (Å²) in [5.74, 6) is 4.93. The molecule has 0 aromatic heterocycles. The van der Waals surface area contributed by atoms with Crippen molar-refractivity contribution in [3.05, 3.63) is 95.1 Å². The van der Waals surface area contributed by atoms with E-state index in [1.807, 2.05) is 6.07 Å². The van der Waals surface area contributed by atoms with Crippen LogP contribution in [0, 0.1) is 23.2 Å². The minimum absolute atomic E-state index is 0.0249. The van der Waals surface area contributed by atoms with Crippen LogP contribution in [0.4, 0.5) is 13.2 Å².